The summed E-state index contributed by atoms with van der Waals surface area (Å²) in [7, 11) is 0. The summed E-state index contributed by atoms with van der Waals surface area (Å²) < 4.78 is 42.9. The summed E-state index contributed by atoms with van der Waals surface area (Å²) in [5.74, 6) is 6.35. The van der Waals surface area contributed by atoms with E-state index in [0.29, 0.717) is 23.5 Å². The van der Waals surface area contributed by atoms with Crippen molar-refractivity contribution in [3.63, 3.8) is 0 Å². The van der Waals surface area contributed by atoms with E-state index in [1.165, 1.54) is 12.1 Å². The Bertz CT molecular complexity index is 704. The van der Waals surface area contributed by atoms with E-state index in [0.717, 1.165) is 12.1 Å². The first-order valence-electron chi connectivity index (χ1n) is 6.52. The minimum atomic E-state index is -4.34. The van der Waals surface area contributed by atoms with E-state index in [2.05, 4.69) is 18.4 Å². The zero-order chi connectivity index (χ0) is 16.0. The number of ether oxygens (including phenoxy) is 1. The lowest BCUT2D eigenvalue weighted by Gasteiger charge is -2.06. The van der Waals surface area contributed by atoms with Gasteiger partial charge in [-0.3, -0.25) is 0 Å². The smallest absolute Gasteiger partial charge is 0.416 e. The maximum atomic E-state index is 12.5. The molecule has 0 aliphatic heterocycles. The molecule has 0 saturated carbocycles. The van der Waals surface area contributed by atoms with Crippen LogP contribution in [0.25, 0.3) is 0 Å². The van der Waals surface area contributed by atoms with E-state index in [1.54, 1.807) is 18.2 Å². The molecule has 2 rings (SSSR count). The molecule has 0 spiro atoms. The van der Waals surface area contributed by atoms with Gasteiger partial charge >= 0.3 is 6.18 Å². The third-order valence-corrected chi connectivity index (χ3v) is 2.80. The van der Waals surface area contributed by atoms with E-state index in [-0.39, 0.29) is 0 Å². The number of rotatable bonds is 3. The number of benzene rings is 2. The highest BCUT2D eigenvalue weighted by molar-refractivity contribution is 5.50. The van der Waals surface area contributed by atoms with E-state index in [9.17, 15) is 13.2 Å². The molecule has 2 aromatic rings. The topological polar surface area (TPSA) is 9.23 Å². The summed E-state index contributed by atoms with van der Waals surface area (Å²) in [5.41, 5.74) is 0.489. The lowest BCUT2D eigenvalue weighted by Crippen LogP contribution is -2.04. The van der Waals surface area contributed by atoms with E-state index >= 15 is 0 Å². The Morgan fingerprint density at radius 1 is 1.00 bits per heavy atom. The van der Waals surface area contributed by atoms with Gasteiger partial charge in [-0.05, 0) is 36.4 Å². The number of para-hydroxylation sites is 1. The van der Waals surface area contributed by atoms with Crippen LogP contribution in [-0.4, -0.2) is 6.61 Å². The van der Waals surface area contributed by atoms with Crippen molar-refractivity contribution in [1.82, 2.24) is 0 Å². The summed E-state index contributed by atoms with van der Waals surface area (Å²) in [6.45, 7) is 3.93. The van der Waals surface area contributed by atoms with Crippen LogP contribution in [0, 0.1) is 11.8 Å². The second-order valence-corrected chi connectivity index (χ2v) is 4.42. The van der Waals surface area contributed by atoms with Crippen LogP contribution in [-0.2, 0) is 6.18 Å². The van der Waals surface area contributed by atoms with Crippen molar-refractivity contribution in [2.24, 2.45) is 0 Å². The molecule has 0 unspecified atom stereocenters. The van der Waals surface area contributed by atoms with Gasteiger partial charge in [0.1, 0.15) is 12.4 Å². The molecule has 0 aliphatic carbocycles. The Morgan fingerprint density at radius 2 is 1.68 bits per heavy atom. The van der Waals surface area contributed by atoms with E-state index in [4.69, 9.17) is 4.74 Å². The van der Waals surface area contributed by atoms with Gasteiger partial charge in [0.2, 0.25) is 0 Å². The Hall–Kier alpha value is -2.67. The van der Waals surface area contributed by atoms with Crippen LogP contribution in [0.4, 0.5) is 13.2 Å². The van der Waals surface area contributed by atoms with Gasteiger partial charge in [-0.1, -0.05) is 36.6 Å². The molecule has 0 saturated heterocycles. The lowest BCUT2D eigenvalue weighted by molar-refractivity contribution is -0.137. The van der Waals surface area contributed by atoms with Crippen LogP contribution in [0.3, 0.4) is 0 Å². The van der Waals surface area contributed by atoms with Gasteiger partial charge in [-0.15, -0.1) is 0 Å². The zero-order valence-electron chi connectivity index (χ0n) is 11.7. The predicted octanol–water partition coefficient (Wildman–Crippen LogP) is 4.67. The Kier molecular flexibility index (Phi) is 4.90. The van der Waals surface area contributed by atoms with Crippen molar-refractivity contribution in [2.45, 2.75) is 6.18 Å². The fourth-order valence-electron chi connectivity index (χ4n) is 1.73. The van der Waals surface area contributed by atoms with Gasteiger partial charge in [0.05, 0.1) is 11.1 Å². The fraction of sp³-hybridized carbons (Fsp3) is 0.111. The molecular formula is C18H13F3O. The summed E-state index contributed by atoms with van der Waals surface area (Å²) in [6, 6.07) is 11.9. The van der Waals surface area contributed by atoms with Gasteiger partial charge in [-0.2, -0.15) is 13.2 Å². The molecule has 0 heterocycles. The van der Waals surface area contributed by atoms with Gasteiger partial charge in [0, 0.05) is 5.56 Å². The molecule has 0 atom stereocenters. The highest BCUT2D eigenvalue weighted by Crippen LogP contribution is 2.29. The number of hydrogen-bond donors (Lipinski definition) is 0. The van der Waals surface area contributed by atoms with Crippen LogP contribution in [0.1, 0.15) is 16.7 Å². The van der Waals surface area contributed by atoms with Gasteiger partial charge in [0.15, 0.2) is 0 Å². The van der Waals surface area contributed by atoms with Crippen molar-refractivity contribution in [3.8, 4) is 17.6 Å². The average molecular weight is 302 g/mol. The number of hydrogen-bond acceptors (Lipinski definition) is 1. The molecule has 1 nitrogen and oxygen atoms in total. The maximum Gasteiger partial charge on any atom is 0.416 e. The largest absolute Gasteiger partial charge is 0.488 e. The number of alkyl halides is 3. The standard InChI is InChI=1S/C18H13F3O/c1-2-13-22-17-6-4-3-5-15(17)10-7-14-8-11-16(12-9-14)18(19,20)21/h2-6,8-9,11-12H,1,13H2. The van der Waals surface area contributed by atoms with Crippen molar-refractivity contribution in [3.05, 3.63) is 77.9 Å². The molecule has 0 N–H and O–H groups in total. The van der Waals surface area contributed by atoms with Crippen molar-refractivity contribution >= 4 is 0 Å². The zero-order valence-corrected chi connectivity index (χ0v) is 11.7. The van der Waals surface area contributed by atoms with Crippen molar-refractivity contribution < 1.29 is 17.9 Å². The molecule has 0 aliphatic rings. The second-order valence-electron chi connectivity index (χ2n) is 4.42. The Labute approximate surface area is 127 Å². The number of halogens is 3. The van der Waals surface area contributed by atoms with Crippen molar-refractivity contribution in [2.75, 3.05) is 6.61 Å². The van der Waals surface area contributed by atoms with Crippen LogP contribution in [0.2, 0.25) is 0 Å². The molecule has 0 amide bonds. The quantitative estimate of drug-likeness (QED) is 0.591. The third-order valence-electron chi connectivity index (χ3n) is 2.80. The van der Waals surface area contributed by atoms with Gasteiger partial charge in [0.25, 0.3) is 0 Å². The third kappa shape index (κ3) is 4.16. The van der Waals surface area contributed by atoms with Crippen LogP contribution in [0.5, 0.6) is 5.75 Å². The summed E-state index contributed by atoms with van der Waals surface area (Å²) in [4.78, 5) is 0. The molecule has 0 aromatic heterocycles. The van der Waals surface area contributed by atoms with Crippen LogP contribution in [0.15, 0.2) is 61.2 Å². The first kappa shape index (κ1) is 15.7. The fourth-order valence-corrected chi connectivity index (χ4v) is 1.73. The minimum absolute atomic E-state index is 0.360. The summed E-state index contributed by atoms with van der Waals surface area (Å²) >= 11 is 0. The monoisotopic (exact) mass is 302 g/mol. The van der Waals surface area contributed by atoms with E-state index in [1.807, 2.05) is 12.1 Å². The average Bonchev–Trinajstić information content (AvgIpc) is 2.51. The predicted molar refractivity (Wildman–Crippen MR) is 79.6 cm³/mol. The summed E-state index contributed by atoms with van der Waals surface area (Å²) in [5, 5.41) is 0. The first-order chi connectivity index (χ1) is 10.5. The second kappa shape index (κ2) is 6.86. The van der Waals surface area contributed by atoms with E-state index < -0.39 is 11.7 Å². The SMILES string of the molecule is C=CCOc1ccccc1C#Cc1ccc(C(F)(F)F)cc1. The molecule has 112 valence electrons. The lowest BCUT2D eigenvalue weighted by atomic mass is 10.1. The molecule has 22 heavy (non-hydrogen) atoms. The Morgan fingerprint density at radius 3 is 2.32 bits per heavy atom. The maximum absolute atomic E-state index is 12.5. The molecule has 2 aromatic carbocycles. The van der Waals surface area contributed by atoms with Crippen LogP contribution < -0.4 is 4.74 Å². The summed E-state index contributed by atoms with van der Waals surface area (Å²) in [6.07, 6.45) is -2.71. The van der Waals surface area contributed by atoms with Gasteiger partial charge in [-0.25, -0.2) is 0 Å². The molecule has 0 fully saturated rings. The molecule has 4 heteroatoms. The minimum Gasteiger partial charge on any atom is -0.488 e. The first-order valence-corrected chi connectivity index (χ1v) is 6.52. The normalized spacial score (nSPS) is 10.5. The molecule has 0 bridgehead atoms. The Balaban J connectivity index is 2.22. The molecule has 0 radical (unpaired) electrons. The van der Waals surface area contributed by atoms with Crippen molar-refractivity contribution in [1.29, 1.82) is 0 Å². The van der Waals surface area contributed by atoms with Gasteiger partial charge < -0.3 is 4.74 Å². The highest BCUT2D eigenvalue weighted by atomic mass is 19.4. The van der Waals surface area contributed by atoms with Crippen LogP contribution >= 0.6 is 0 Å². The highest BCUT2D eigenvalue weighted by Gasteiger charge is 2.29. The molecular weight excluding hydrogens is 289 g/mol.